The summed E-state index contributed by atoms with van der Waals surface area (Å²) in [5.41, 5.74) is 1.60. The fourth-order valence-corrected chi connectivity index (χ4v) is 3.33. The van der Waals surface area contributed by atoms with E-state index >= 15 is 0 Å². The van der Waals surface area contributed by atoms with Crippen molar-refractivity contribution in [2.24, 2.45) is 0 Å². The van der Waals surface area contributed by atoms with Crippen molar-refractivity contribution >= 4 is 29.6 Å². The van der Waals surface area contributed by atoms with Gasteiger partial charge in [0.15, 0.2) is 0 Å². The molecule has 0 spiro atoms. The van der Waals surface area contributed by atoms with Crippen LogP contribution in [0.1, 0.15) is 29.3 Å². The smallest absolute Gasteiger partial charge is 0.247 e. The van der Waals surface area contributed by atoms with Crippen LogP contribution in [0.3, 0.4) is 0 Å². The predicted octanol–water partition coefficient (Wildman–Crippen LogP) is 5.25. The van der Waals surface area contributed by atoms with Gasteiger partial charge < -0.3 is 20.3 Å². The van der Waals surface area contributed by atoms with Crippen molar-refractivity contribution in [1.82, 2.24) is 15.2 Å². The molecule has 0 saturated carbocycles. The number of likely N-dealkylation sites (N-methyl/N-ethyl adjacent to an activating group) is 1. The standard InChI is InChI=1S/C26H27ClN4O3/c1-3-13-31(17-19-7-9-21(27)10-8-19)25(15-26(33)28-2)30-24-12-11-23(16-29-24)34-22-6-4-5-20(14-22)18-32/h4-12,14-16,18H,3,13,17H2,1-2H3,(H,28,33)(H,29,30)/b25-15-. The van der Waals surface area contributed by atoms with Crippen LogP contribution >= 0.6 is 11.6 Å². The number of nitrogens with one attached hydrogen (secondary N) is 2. The fourth-order valence-electron chi connectivity index (χ4n) is 3.20. The van der Waals surface area contributed by atoms with Gasteiger partial charge >= 0.3 is 0 Å². The minimum absolute atomic E-state index is 0.227. The Morgan fingerprint density at radius 3 is 2.56 bits per heavy atom. The number of pyridine rings is 1. The van der Waals surface area contributed by atoms with Crippen LogP contribution in [0.5, 0.6) is 11.5 Å². The third kappa shape index (κ3) is 7.35. The van der Waals surface area contributed by atoms with E-state index in [9.17, 15) is 9.59 Å². The Morgan fingerprint density at radius 2 is 1.91 bits per heavy atom. The highest BCUT2D eigenvalue weighted by atomic mass is 35.5. The first-order valence-corrected chi connectivity index (χ1v) is 11.3. The predicted molar refractivity (Wildman–Crippen MR) is 134 cm³/mol. The molecule has 7 nitrogen and oxygen atoms in total. The number of carbonyl (C=O) groups is 2. The normalized spacial score (nSPS) is 11.0. The van der Waals surface area contributed by atoms with Crippen molar-refractivity contribution in [2.45, 2.75) is 19.9 Å². The Kier molecular flexibility index (Phi) is 9.05. The molecular weight excluding hydrogens is 452 g/mol. The maximum Gasteiger partial charge on any atom is 0.247 e. The molecule has 0 bridgehead atoms. The van der Waals surface area contributed by atoms with Gasteiger partial charge in [0.1, 0.15) is 29.4 Å². The number of hydrogen-bond acceptors (Lipinski definition) is 6. The molecule has 2 aromatic carbocycles. The molecular formula is C26H27ClN4O3. The number of aromatic nitrogens is 1. The second kappa shape index (κ2) is 12.4. The molecule has 0 aliphatic carbocycles. The zero-order valence-electron chi connectivity index (χ0n) is 19.1. The fraction of sp³-hybridized carbons (Fsp3) is 0.192. The highest BCUT2D eigenvalue weighted by molar-refractivity contribution is 6.30. The number of halogens is 1. The molecule has 2 N–H and O–H groups in total. The third-order valence-electron chi connectivity index (χ3n) is 4.86. The number of ether oxygens (including phenoxy) is 1. The molecule has 1 heterocycles. The first-order valence-electron chi connectivity index (χ1n) is 10.9. The van der Waals surface area contributed by atoms with Crippen LogP contribution in [-0.2, 0) is 11.3 Å². The van der Waals surface area contributed by atoms with Gasteiger partial charge in [-0.15, -0.1) is 0 Å². The van der Waals surface area contributed by atoms with Crippen LogP contribution in [0.15, 0.2) is 78.8 Å². The molecule has 0 saturated heterocycles. The summed E-state index contributed by atoms with van der Waals surface area (Å²) >= 11 is 6.02. The van der Waals surface area contributed by atoms with Gasteiger partial charge in [0.25, 0.3) is 0 Å². The van der Waals surface area contributed by atoms with Crippen LogP contribution in [0.25, 0.3) is 0 Å². The summed E-state index contributed by atoms with van der Waals surface area (Å²) in [5, 5.41) is 6.56. The largest absolute Gasteiger partial charge is 0.456 e. The summed E-state index contributed by atoms with van der Waals surface area (Å²) in [5.74, 6) is 2.02. The minimum Gasteiger partial charge on any atom is -0.456 e. The van der Waals surface area contributed by atoms with E-state index in [0.29, 0.717) is 40.3 Å². The average molecular weight is 479 g/mol. The van der Waals surface area contributed by atoms with Crippen LogP contribution in [-0.4, -0.2) is 35.7 Å². The first kappa shape index (κ1) is 24.8. The second-order valence-electron chi connectivity index (χ2n) is 7.49. The lowest BCUT2D eigenvalue weighted by Crippen LogP contribution is -2.30. The Hall–Kier alpha value is -3.84. The maximum atomic E-state index is 12.2. The summed E-state index contributed by atoms with van der Waals surface area (Å²) in [4.78, 5) is 29.7. The second-order valence-corrected chi connectivity index (χ2v) is 7.92. The number of anilines is 1. The first-order chi connectivity index (χ1) is 16.5. The van der Waals surface area contributed by atoms with Crippen molar-refractivity contribution in [3.05, 3.63) is 94.9 Å². The lowest BCUT2D eigenvalue weighted by Gasteiger charge is -2.28. The van der Waals surface area contributed by atoms with Gasteiger partial charge in [-0.05, 0) is 48.4 Å². The highest BCUT2D eigenvalue weighted by Crippen LogP contribution is 2.23. The Bertz CT molecular complexity index is 1130. The Morgan fingerprint density at radius 1 is 1.12 bits per heavy atom. The molecule has 0 aliphatic heterocycles. The van der Waals surface area contributed by atoms with Gasteiger partial charge in [0.2, 0.25) is 5.91 Å². The zero-order valence-corrected chi connectivity index (χ0v) is 19.9. The SMILES string of the molecule is CCCN(Cc1ccc(Cl)cc1)/C(=C\C(=O)NC)Nc1ccc(Oc2cccc(C=O)c2)cn1. The molecule has 3 rings (SSSR count). The topological polar surface area (TPSA) is 83.6 Å². The molecule has 1 aromatic heterocycles. The van der Waals surface area contributed by atoms with E-state index in [4.69, 9.17) is 16.3 Å². The van der Waals surface area contributed by atoms with Gasteiger partial charge in [-0.3, -0.25) is 9.59 Å². The third-order valence-corrected chi connectivity index (χ3v) is 5.11. The average Bonchev–Trinajstić information content (AvgIpc) is 2.86. The van der Waals surface area contributed by atoms with Crippen molar-refractivity contribution in [3.8, 4) is 11.5 Å². The molecule has 0 aliphatic rings. The molecule has 1 amide bonds. The summed E-state index contributed by atoms with van der Waals surface area (Å²) < 4.78 is 5.79. The van der Waals surface area contributed by atoms with E-state index in [2.05, 4.69) is 27.4 Å². The van der Waals surface area contributed by atoms with Crippen LogP contribution in [0.2, 0.25) is 5.02 Å². The van der Waals surface area contributed by atoms with E-state index in [1.807, 2.05) is 24.3 Å². The number of rotatable bonds is 11. The highest BCUT2D eigenvalue weighted by Gasteiger charge is 2.13. The van der Waals surface area contributed by atoms with Gasteiger partial charge in [0.05, 0.1) is 6.20 Å². The molecule has 3 aromatic rings. The molecule has 34 heavy (non-hydrogen) atoms. The molecule has 8 heteroatoms. The summed E-state index contributed by atoms with van der Waals surface area (Å²) in [6.07, 6.45) is 4.75. The van der Waals surface area contributed by atoms with Crippen molar-refractivity contribution < 1.29 is 14.3 Å². The Balaban J connectivity index is 1.78. The Labute approximate surface area is 204 Å². The summed E-state index contributed by atoms with van der Waals surface area (Å²) in [6.45, 7) is 3.40. The van der Waals surface area contributed by atoms with Gasteiger partial charge in [-0.25, -0.2) is 4.98 Å². The number of aldehydes is 1. The van der Waals surface area contributed by atoms with Crippen molar-refractivity contribution in [1.29, 1.82) is 0 Å². The molecule has 0 fully saturated rings. The summed E-state index contributed by atoms with van der Waals surface area (Å²) in [7, 11) is 1.59. The van der Waals surface area contributed by atoms with Crippen molar-refractivity contribution in [3.63, 3.8) is 0 Å². The van der Waals surface area contributed by atoms with E-state index in [0.717, 1.165) is 24.8 Å². The minimum atomic E-state index is -0.227. The lowest BCUT2D eigenvalue weighted by atomic mass is 10.2. The quantitative estimate of drug-likeness (QED) is 0.289. The van der Waals surface area contributed by atoms with E-state index in [1.54, 1.807) is 49.6 Å². The van der Waals surface area contributed by atoms with E-state index in [1.165, 1.54) is 6.08 Å². The van der Waals surface area contributed by atoms with Crippen LogP contribution < -0.4 is 15.4 Å². The zero-order chi connectivity index (χ0) is 24.3. The van der Waals surface area contributed by atoms with Crippen LogP contribution in [0, 0.1) is 0 Å². The van der Waals surface area contributed by atoms with Gasteiger partial charge in [-0.2, -0.15) is 0 Å². The molecule has 176 valence electrons. The number of amides is 1. The molecule has 0 atom stereocenters. The number of carbonyl (C=O) groups excluding carboxylic acids is 2. The van der Waals surface area contributed by atoms with E-state index < -0.39 is 0 Å². The van der Waals surface area contributed by atoms with Gasteiger partial charge in [0, 0.05) is 36.8 Å². The van der Waals surface area contributed by atoms with E-state index in [-0.39, 0.29) is 5.91 Å². The number of hydrogen-bond donors (Lipinski definition) is 2. The number of benzene rings is 2. The monoisotopic (exact) mass is 478 g/mol. The summed E-state index contributed by atoms with van der Waals surface area (Å²) in [6, 6.07) is 18.0. The van der Waals surface area contributed by atoms with Gasteiger partial charge in [-0.1, -0.05) is 42.8 Å². The number of nitrogens with zero attached hydrogens (tertiary/aromatic N) is 2. The molecule has 0 unspecified atom stereocenters. The lowest BCUT2D eigenvalue weighted by molar-refractivity contribution is -0.116. The maximum absolute atomic E-state index is 12.2. The van der Waals surface area contributed by atoms with Crippen LogP contribution in [0.4, 0.5) is 5.82 Å². The molecule has 0 radical (unpaired) electrons. The van der Waals surface area contributed by atoms with Crippen molar-refractivity contribution in [2.75, 3.05) is 18.9 Å².